The summed E-state index contributed by atoms with van der Waals surface area (Å²) in [4.78, 5) is 26.1. The monoisotopic (exact) mass is 490 g/mol. The predicted octanol–water partition coefficient (Wildman–Crippen LogP) is 3.99. The van der Waals surface area contributed by atoms with Crippen LogP contribution in [0.3, 0.4) is 0 Å². The number of benzene rings is 1. The molecule has 1 aromatic carbocycles. The number of fused-ring (bicyclic) bond motifs is 1. The number of nitrogens with zero attached hydrogens (tertiary/aromatic N) is 4. The Kier molecular flexibility index (Phi) is 5.48. The van der Waals surface area contributed by atoms with Crippen molar-refractivity contribution in [3.05, 3.63) is 51.2 Å². The first kappa shape index (κ1) is 21.8. The second-order valence-electron chi connectivity index (χ2n) is 8.30. The Morgan fingerprint density at radius 2 is 1.78 bits per heavy atom. The highest BCUT2D eigenvalue weighted by Gasteiger charge is 2.33. The third-order valence-corrected chi connectivity index (χ3v) is 9.68. The fourth-order valence-corrected chi connectivity index (χ4v) is 7.28. The summed E-state index contributed by atoms with van der Waals surface area (Å²) in [7, 11) is -3.70. The predicted molar refractivity (Wildman–Crippen MR) is 125 cm³/mol. The van der Waals surface area contributed by atoms with Gasteiger partial charge in [0.1, 0.15) is 15.6 Å². The largest absolute Gasteiger partial charge is 0.335 e. The zero-order valence-electron chi connectivity index (χ0n) is 17.8. The third kappa shape index (κ3) is 3.71. The van der Waals surface area contributed by atoms with E-state index in [0.717, 1.165) is 40.1 Å². The van der Waals surface area contributed by atoms with Gasteiger partial charge in [-0.3, -0.25) is 4.79 Å². The maximum atomic E-state index is 13.3. The molecule has 1 saturated carbocycles. The third-order valence-electron chi connectivity index (χ3n) is 6.11. The van der Waals surface area contributed by atoms with Crippen LogP contribution in [0, 0.1) is 13.8 Å². The molecular weight excluding hydrogens is 468 g/mol. The summed E-state index contributed by atoms with van der Waals surface area (Å²) in [6, 6.07) is 6.43. The van der Waals surface area contributed by atoms with E-state index in [1.54, 1.807) is 23.1 Å². The highest BCUT2D eigenvalue weighted by Crippen LogP contribution is 2.40. The Balaban J connectivity index is 1.36. The number of thiophene rings is 1. The van der Waals surface area contributed by atoms with E-state index < -0.39 is 10.0 Å². The lowest BCUT2D eigenvalue weighted by molar-refractivity contribution is 0.0702. The molecule has 0 atom stereocenters. The Morgan fingerprint density at radius 1 is 1.09 bits per heavy atom. The van der Waals surface area contributed by atoms with Crippen LogP contribution in [0.4, 0.5) is 0 Å². The summed E-state index contributed by atoms with van der Waals surface area (Å²) in [5.41, 5.74) is 1.82. The van der Waals surface area contributed by atoms with Crippen LogP contribution < -0.4 is 0 Å². The summed E-state index contributed by atoms with van der Waals surface area (Å²) in [5.74, 6) is 1.26. The van der Waals surface area contributed by atoms with E-state index in [2.05, 4.69) is 4.98 Å². The van der Waals surface area contributed by atoms with Crippen LogP contribution in [-0.4, -0.2) is 59.7 Å². The number of amides is 1. The zero-order chi connectivity index (χ0) is 22.6. The van der Waals surface area contributed by atoms with Crippen LogP contribution in [0.1, 0.15) is 45.5 Å². The maximum absolute atomic E-state index is 13.3. The van der Waals surface area contributed by atoms with Crippen LogP contribution in [0.5, 0.6) is 0 Å². The average molecular weight is 491 g/mol. The maximum Gasteiger partial charge on any atom is 0.264 e. The standard InChI is InChI=1S/C22H23ClN4O3S2/c1-13-18-14(2)24-20(15-7-8-15)25-21(18)31-19(13)22(28)26-9-11-27(12-10-26)32(29,30)17-6-4-3-5-16(17)23/h3-6,15H,7-12H2,1-2H3. The van der Waals surface area contributed by atoms with Gasteiger partial charge in [-0.25, -0.2) is 18.4 Å². The van der Waals surface area contributed by atoms with Gasteiger partial charge < -0.3 is 4.90 Å². The average Bonchev–Trinajstić information content (AvgIpc) is 3.57. The van der Waals surface area contributed by atoms with E-state index >= 15 is 0 Å². The van der Waals surface area contributed by atoms with Crippen molar-refractivity contribution in [3.63, 3.8) is 0 Å². The van der Waals surface area contributed by atoms with Crippen molar-refractivity contribution >= 4 is 49.1 Å². The van der Waals surface area contributed by atoms with E-state index in [4.69, 9.17) is 16.6 Å². The molecule has 10 heteroatoms. The Morgan fingerprint density at radius 3 is 2.44 bits per heavy atom. The first-order valence-electron chi connectivity index (χ1n) is 10.6. The summed E-state index contributed by atoms with van der Waals surface area (Å²) in [6.07, 6.45) is 2.25. The smallest absolute Gasteiger partial charge is 0.264 e. The van der Waals surface area contributed by atoms with Crippen LogP contribution >= 0.6 is 22.9 Å². The Hall–Kier alpha value is -2.07. The van der Waals surface area contributed by atoms with Crippen molar-refractivity contribution in [3.8, 4) is 0 Å². The van der Waals surface area contributed by atoms with Crippen molar-refractivity contribution in [2.45, 2.75) is 37.5 Å². The highest BCUT2D eigenvalue weighted by atomic mass is 35.5. The molecule has 1 amide bonds. The molecule has 2 fully saturated rings. The van der Waals surface area contributed by atoms with Gasteiger partial charge in [0.15, 0.2) is 0 Å². The summed E-state index contributed by atoms with van der Waals surface area (Å²) in [5, 5.41) is 1.16. The van der Waals surface area contributed by atoms with Gasteiger partial charge >= 0.3 is 0 Å². The molecule has 0 spiro atoms. The van der Waals surface area contributed by atoms with Crippen LogP contribution in [0.25, 0.3) is 10.2 Å². The van der Waals surface area contributed by atoms with Gasteiger partial charge in [0, 0.05) is 37.5 Å². The molecule has 0 radical (unpaired) electrons. The Bertz CT molecular complexity index is 1330. The topological polar surface area (TPSA) is 83.5 Å². The lowest BCUT2D eigenvalue weighted by Gasteiger charge is -2.34. The number of rotatable bonds is 4. The van der Waals surface area contributed by atoms with Crippen molar-refractivity contribution in [1.82, 2.24) is 19.2 Å². The number of piperazine rings is 1. The highest BCUT2D eigenvalue weighted by molar-refractivity contribution is 7.89. The van der Waals surface area contributed by atoms with Gasteiger partial charge in [-0.2, -0.15) is 4.31 Å². The summed E-state index contributed by atoms with van der Waals surface area (Å²) in [6.45, 7) is 5.03. The van der Waals surface area contributed by atoms with Crippen molar-refractivity contribution in [2.75, 3.05) is 26.2 Å². The molecule has 1 aliphatic carbocycles. The minimum Gasteiger partial charge on any atom is -0.335 e. The second-order valence-corrected chi connectivity index (χ2v) is 11.6. The SMILES string of the molecule is Cc1nc(C2CC2)nc2sc(C(=O)N3CCN(S(=O)(=O)c4ccccc4Cl)CC3)c(C)c12. The van der Waals surface area contributed by atoms with Gasteiger partial charge in [-0.05, 0) is 44.4 Å². The fourth-order valence-electron chi connectivity index (χ4n) is 4.16. The molecule has 2 aromatic heterocycles. The number of carbonyl (C=O) groups is 1. The molecule has 3 aromatic rings. The van der Waals surface area contributed by atoms with E-state index in [1.165, 1.54) is 21.7 Å². The number of carbonyl (C=O) groups excluding carboxylic acids is 1. The molecule has 1 saturated heterocycles. The number of sulfonamides is 1. The molecule has 0 unspecified atom stereocenters. The molecule has 5 rings (SSSR count). The van der Waals surface area contributed by atoms with Crippen molar-refractivity contribution in [2.24, 2.45) is 0 Å². The lowest BCUT2D eigenvalue weighted by Crippen LogP contribution is -2.50. The van der Waals surface area contributed by atoms with Gasteiger partial charge in [0.2, 0.25) is 10.0 Å². The number of halogens is 1. The van der Waals surface area contributed by atoms with Crippen LogP contribution in [0.15, 0.2) is 29.2 Å². The van der Waals surface area contributed by atoms with Gasteiger partial charge in [-0.1, -0.05) is 23.7 Å². The van der Waals surface area contributed by atoms with E-state index in [9.17, 15) is 13.2 Å². The molecule has 7 nitrogen and oxygen atoms in total. The molecule has 0 bridgehead atoms. The summed E-state index contributed by atoms with van der Waals surface area (Å²) >= 11 is 7.52. The van der Waals surface area contributed by atoms with E-state index in [0.29, 0.717) is 23.9 Å². The molecule has 0 N–H and O–H groups in total. The quantitative estimate of drug-likeness (QED) is 0.552. The first-order chi connectivity index (χ1) is 15.3. The van der Waals surface area contributed by atoms with Gasteiger partial charge in [0.05, 0.1) is 15.6 Å². The number of hydrogen-bond acceptors (Lipinski definition) is 6. The minimum atomic E-state index is -3.70. The van der Waals surface area contributed by atoms with E-state index in [1.807, 2.05) is 13.8 Å². The molecule has 2 aliphatic rings. The fraction of sp³-hybridized carbons (Fsp3) is 0.409. The Labute approximate surface area is 196 Å². The molecule has 168 valence electrons. The minimum absolute atomic E-state index is 0.0762. The second kappa shape index (κ2) is 8.06. The molecule has 32 heavy (non-hydrogen) atoms. The lowest BCUT2D eigenvalue weighted by atomic mass is 10.1. The van der Waals surface area contributed by atoms with Gasteiger partial charge in [0.25, 0.3) is 5.91 Å². The molecular formula is C22H23ClN4O3S2. The molecule has 3 heterocycles. The zero-order valence-corrected chi connectivity index (χ0v) is 20.2. The van der Waals surface area contributed by atoms with Crippen LogP contribution in [-0.2, 0) is 10.0 Å². The normalized spacial score (nSPS) is 17.8. The van der Waals surface area contributed by atoms with Gasteiger partial charge in [-0.15, -0.1) is 11.3 Å². The van der Waals surface area contributed by atoms with Crippen molar-refractivity contribution < 1.29 is 13.2 Å². The van der Waals surface area contributed by atoms with E-state index in [-0.39, 0.29) is 28.9 Å². The number of hydrogen-bond donors (Lipinski definition) is 0. The number of aromatic nitrogens is 2. The first-order valence-corrected chi connectivity index (χ1v) is 13.2. The number of aryl methyl sites for hydroxylation is 2. The van der Waals surface area contributed by atoms with Crippen LogP contribution in [0.2, 0.25) is 5.02 Å². The molecule has 1 aliphatic heterocycles. The summed E-state index contributed by atoms with van der Waals surface area (Å²) < 4.78 is 27.4. The van der Waals surface area contributed by atoms with Crippen molar-refractivity contribution in [1.29, 1.82) is 0 Å².